The molecule has 1 heterocycles. The van der Waals surface area contributed by atoms with Gasteiger partial charge in [0.2, 0.25) is 0 Å². The van der Waals surface area contributed by atoms with Gasteiger partial charge in [-0.3, -0.25) is 4.79 Å². The van der Waals surface area contributed by atoms with E-state index in [0.717, 1.165) is 11.1 Å². The number of carbonyl (C=O) groups excluding carboxylic acids is 1. The number of amides is 2. The molecular weight excluding hydrogens is 399 g/mol. The fraction of sp³-hybridized carbons (Fsp3) is 0.333. The molecule has 0 radical (unpaired) electrons. The largest absolute Gasteiger partial charge is 0.465 e. The highest BCUT2D eigenvalue weighted by Crippen LogP contribution is 2.34. The molecule has 5 nitrogen and oxygen atoms in total. The fourth-order valence-electron chi connectivity index (χ4n) is 3.70. The van der Waals surface area contributed by atoms with Gasteiger partial charge in [0, 0.05) is 37.7 Å². The number of carbonyl (C=O) groups is 2. The third-order valence-corrected chi connectivity index (χ3v) is 6.07. The zero-order chi connectivity index (χ0) is 20.4. The number of halogens is 2. The predicted octanol–water partition coefficient (Wildman–Crippen LogP) is 4.91. The van der Waals surface area contributed by atoms with Gasteiger partial charge >= 0.3 is 6.09 Å². The second-order valence-corrected chi connectivity index (χ2v) is 7.96. The van der Waals surface area contributed by atoms with Crippen LogP contribution in [0.1, 0.15) is 33.8 Å². The van der Waals surface area contributed by atoms with Gasteiger partial charge in [0.1, 0.15) is 0 Å². The van der Waals surface area contributed by atoms with Crippen LogP contribution < -0.4 is 0 Å². The lowest BCUT2D eigenvalue weighted by Crippen LogP contribution is -2.51. The van der Waals surface area contributed by atoms with E-state index in [1.165, 1.54) is 4.90 Å². The van der Waals surface area contributed by atoms with Crippen LogP contribution in [-0.2, 0) is 0 Å². The molecule has 0 saturated carbocycles. The molecule has 2 aromatic carbocycles. The smallest absolute Gasteiger partial charge is 0.407 e. The van der Waals surface area contributed by atoms with E-state index in [0.29, 0.717) is 35.1 Å². The molecule has 1 saturated heterocycles. The van der Waals surface area contributed by atoms with Crippen molar-refractivity contribution in [1.29, 1.82) is 0 Å². The first kappa shape index (κ1) is 20.5. The Balaban J connectivity index is 1.91. The maximum Gasteiger partial charge on any atom is 0.407 e. The molecule has 2 amide bonds. The Bertz CT molecular complexity index is 886. The van der Waals surface area contributed by atoms with Crippen molar-refractivity contribution < 1.29 is 14.7 Å². The van der Waals surface area contributed by atoms with Gasteiger partial charge in [-0.25, -0.2) is 4.79 Å². The average molecular weight is 421 g/mol. The molecule has 2 aromatic rings. The molecule has 1 aliphatic heterocycles. The number of likely N-dealkylation sites (tertiary alicyclic amines) is 1. The van der Waals surface area contributed by atoms with Crippen molar-refractivity contribution in [3.8, 4) is 0 Å². The van der Waals surface area contributed by atoms with E-state index >= 15 is 0 Å². The number of benzene rings is 2. The third-order valence-electron chi connectivity index (χ3n) is 5.33. The van der Waals surface area contributed by atoms with Crippen molar-refractivity contribution in [3.05, 3.63) is 69.2 Å². The summed E-state index contributed by atoms with van der Waals surface area (Å²) in [4.78, 5) is 27.6. The predicted molar refractivity (Wildman–Crippen MR) is 110 cm³/mol. The van der Waals surface area contributed by atoms with Crippen LogP contribution in [0.15, 0.2) is 42.5 Å². The summed E-state index contributed by atoms with van der Waals surface area (Å²) in [5, 5.41) is 10.3. The molecule has 0 unspecified atom stereocenters. The Hall–Kier alpha value is -2.24. The van der Waals surface area contributed by atoms with Crippen molar-refractivity contribution >= 4 is 35.2 Å². The molecule has 2 atom stereocenters. The Morgan fingerprint density at radius 3 is 2.39 bits per heavy atom. The van der Waals surface area contributed by atoms with Gasteiger partial charge in [-0.2, -0.15) is 0 Å². The molecule has 148 valence electrons. The minimum absolute atomic E-state index is 0.0844. The SMILES string of the molecule is Cc1ccc(C(=O)N(C)[C@@H]2CCN(C(=O)O)C[C@H]2c2ccc(Cl)c(Cl)c2)cc1. The summed E-state index contributed by atoms with van der Waals surface area (Å²) in [5.41, 5.74) is 2.57. The zero-order valence-electron chi connectivity index (χ0n) is 15.7. The topological polar surface area (TPSA) is 60.9 Å². The lowest BCUT2D eigenvalue weighted by molar-refractivity contribution is 0.0591. The van der Waals surface area contributed by atoms with Crippen LogP contribution in [0.4, 0.5) is 4.79 Å². The highest BCUT2D eigenvalue weighted by Gasteiger charge is 2.36. The third kappa shape index (κ3) is 4.26. The van der Waals surface area contributed by atoms with Crippen LogP contribution in [0.2, 0.25) is 10.0 Å². The summed E-state index contributed by atoms with van der Waals surface area (Å²) in [7, 11) is 1.77. The van der Waals surface area contributed by atoms with Gasteiger partial charge in [-0.05, 0) is 43.2 Å². The first-order valence-corrected chi connectivity index (χ1v) is 9.80. The highest BCUT2D eigenvalue weighted by molar-refractivity contribution is 6.42. The average Bonchev–Trinajstić information content (AvgIpc) is 2.69. The Morgan fingerprint density at radius 2 is 1.79 bits per heavy atom. The maximum atomic E-state index is 13.0. The normalized spacial score (nSPS) is 19.4. The monoisotopic (exact) mass is 420 g/mol. The van der Waals surface area contributed by atoms with E-state index in [-0.39, 0.29) is 17.9 Å². The van der Waals surface area contributed by atoms with Crippen molar-refractivity contribution in [1.82, 2.24) is 9.80 Å². The number of hydrogen-bond acceptors (Lipinski definition) is 2. The molecule has 3 rings (SSSR count). The summed E-state index contributed by atoms with van der Waals surface area (Å²) in [6, 6.07) is 12.6. The minimum Gasteiger partial charge on any atom is -0.465 e. The Labute approximate surface area is 174 Å². The Kier molecular flexibility index (Phi) is 6.16. The van der Waals surface area contributed by atoms with E-state index in [4.69, 9.17) is 23.2 Å². The second kappa shape index (κ2) is 8.41. The first-order chi connectivity index (χ1) is 13.3. The number of nitrogens with zero attached hydrogens (tertiary/aromatic N) is 2. The lowest BCUT2D eigenvalue weighted by atomic mass is 9.85. The summed E-state index contributed by atoms with van der Waals surface area (Å²) in [6.07, 6.45) is -0.415. The summed E-state index contributed by atoms with van der Waals surface area (Å²) >= 11 is 12.2. The Morgan fingerprint density at radius 1 is 1.11 bits per heavy atom. The molecule has 1 fully saturated rings. The molecule has 7 heteroatoms. The van der Waals surface area contributed by atoms with Crippen molar-refractivity contribution in [2.24, 2.45) is 0 Å². The number of piperidine rings is 1. The molecule has 0 spiro atoms. The maximum absolute atomic E-state index is 13.0. The quantitative estimate of drug-likeness (QED) is 0.766. The molecule has 1 N–H and O–H groups in total. The summed E-state index contributed by atoms with van der Waals surface area (Å²) in [5.74, 6) is -0.280. The van der Waals surface area contributed by atoms with Crippen LogP contribution in [0, 0.1) is 6.92 Å². The summed E-state index contributed by atoms with van der Waals surface area (Å²) < 4.78 is 0. The second-order valence-electron chi connectivity index (χ2n) is 7.15. The number of aryl methyl sites for hydroxylation is 1. The van der Waals surface area contributed by atoms with Crippen LogP contribution in [0.25, 0.3) is 0 Å². The molecule has 28 heavy (non-hydrogen) atoms. The fourth-order valence-corrected chi connectivity index (χ4v) is 4.00. The number of hydrogen-bond donors (Lipinski definition) is 1. The van der Waals surface area contributed by atoms with Gasteiger partial charge in [0.25, 0.3) is 5.91 Å². The lowest BCUT2D eigenvalue weighted by Gasteiger charge is -2.42. The van der Waals surface area contributed by atoms with Crippen LogP contribution >= 0.6 is 23.2 Å². The summed E-state index contributed by atoms with van der Waals surface area (Å²) in [6.45, 7) is 2.65. The molecule has 0 bridgehead atoms. The first-order valence-electron chi connectivity index (χ1n) is 9.04. The standard InChI is InChI=1S/C21H22Cl2N2O3/c1-13-3-5-14(6-4-13)20(26)24(2)19-9-10-25(21(27)28)12-16(19)15-7-8-17(22)18(23)11-15/h3-8,11,16,19H,9-10,12H2,1-2H3,(H,27,28)/t16-,19+/m0/s1. The van der Waals surface area contributed by atoms with Gasteiger partial charge in [0.05, 0.1) is 10.0 Å². The van der Waals surface area contributed by atoms with Crippen molar-refractivity contribution in [3.63, 3.8) is 0 Å². The van der Waals surface area contributed by atoms with Gasteiger partial charge in [-0.15, -0.1) is 0 Å². The van der Waals surface area contributed by atoms with Gasteiger partial charge < -0.3 is 14.9 Å². The highest BCUT2D eigenvalue weighted by atomic mass is 35.5. The van der Waals surface area contributed by atoms with Gasteiger partial charge in [0.15, 0.2) is 0 Å². The minimum atomic E-state index is -0.962. The van der Waals surface area contributed by atoms with E-state index in [2.05, 4.69) is 0 Å². The van der Waals surface area contributed by atoms with Crippen molar-refractivity contribution in [2.45, 2.75) is 25.3 Å². The zero-order valence-corrected chi connectivity index (χ0v) is 17.2. The molecular formula is C21H22Cl2N2O3. The number of likely N-dealkylation sites (N-methyl/N-ethyl adjacent to an activating group) is 1. The molecule has 1 aliphatic rings. The number of rotatable bonds is 3. The van der Waals surface area contributed by atoms with Crippen LogP contribution in [-0.4, -0.2) is 53.1 Å². The van der Waals surface area contributed by atoms with E-state index in [1.54, 1.807) is 24.1 Å². The van der Waals surface area contributed by atoms with Crippen LogP contribution in [0.5, 0.6) is 0 Å². The van der Waals surface area contributed by atoms with E-state index in [1.807, 2.05) is 37.3 Å². The van der Waals surface area contributed by atoms with E-state index in [9.17, 15) is 14.7 Å². The van der Waals surface area contributed by atoms with Crippen molar-refractivity contribution in [2.75, 3.05) is 20.1 Å². The number of carboxylic acid groups (broad SMARTS) is 1. The molecule has 0 aromatic heterocycles. The van der Waals surface area contributed by atoms with Crippen LogP contribution in [0.3, 0.4) is 0 Å². The van der Waals surface area contributed by atoms with E-state index < -0.39 is 6.09 Å². The molecule has 0 aliphatic carbocycles. The van der Waals surface area contributed by atoms with Gasteiger partial charge in [-0.1, -0.05) is 47.0 Å².